The number of hydrogen-bond acceptors (Lipinski definition) is 6. The van der Waals surface area contributed by atoms with E-state index in [2.05, 4.69) is 0 Å². The van der Waals surface area contributed by atoms with Crippen LogP contribution in [0.15, 0.2) is 59.7 Å². The van der Waals surface area contributed by atoms with Gasteiger partial charge in [0, 0.05) is 16.7 Å². The predicted molar refractivity (Wildman–Crippen MR) is 119 cm³/mol. The van der Waals surface area contributed by atoms with Crippen molar-refractivity contribution in [2.75, 3.05) is 0 Å². The Kier molecular flexibility index (Phi) is 4.18. The number of aldehydes is 1. The van der Waals surface area contributed by atoms with E-state index in [4.69, 9.17) is 0 Å². The molecule has 0 saturated heterocycles. The molecule has 6 heteroatoms. The van der Waals surface area contributed by atoms with Crippen molar-refractivity contribution in [3.8, 4) is 52.3 Å². The van der Waals surface area contributed by atoms with Gasteiger partial charge in [0.05, 0.1) is 0 Å². The quantitative estimate of drug-likeness (QED) is 0.303. The zero-order valence-corrected chi connectivity index (χ0v) is 16.8. The van der Waals surface area contributed by atoms with Crippen molar-refractivity contribution in [2.45, 2.75) is 0 Å². The number of benzene rings is 3. The third-order valence-electron chi connectivity index (χ3n) is 5.95. The van der Waals surface area contributed by atoms with E-state index in [-0.39, 0.29) is 16.9 Å². The van der Waals surface area contributed by atoms with E-state index in [1.807, 2.05) is 30.3 Å². The summed E-state index contributed by atoms with van der Waals surface area (Å²) >= 11 is 0. The van der Waals surface area contributed by atoms with E-state index in [1.54, 1.807) is 30.3 Å². The van der Waals surface area contributed by atoms with Crippen LogP contribution in [0.5, 0.6) is 5.75 Å². The second-order valence-electron chi connectivity index (χ2n) is 7.54. The second kappa shape index (κ2) is 7.07. The maximum atomic E-state index is 11.4. The van der Waals surface area contributed by atoms with Gasteiger partial charge in [-0.15, -0.1) is 0 Å². The van der Waals surface area contributed by atoms with Crippen molar-refractivity contribution in [3.63, 3.8) is 0 Å². The van der Waals surface area contributed by atoms with Crippen LogP contribution in [0.4, 0.5) is 0 Å². The first-order chi connectivity index (χ1) is 16.1. The molecule has 0 heterocycles. The van der Waals surface area contributed by atoms with Crippen molar-refractivity contribution < 1.29 is 9.90 Å². The fraction of sp³-hybridized carbons (Fsp3) is 0. The Morgan fingerprint density at radius 1 is 0.606 bits per heavy atom. The van der Waals surface area contributed by atoms with Crippen molar-refractivity contribution in [1.29, 1.82) is 21.0 Å². The minimum Gasteiger partial charge on any atom is -0.508 e. The molecule has 0 bridgehead atoms. The molecular weight excluding hydrogens is 412 g/mol. The number of carbonyl (C=O) groups excluding carboxylic acids is 1. The molecular formula is C27H10N4O2. The number of carbonyl (C=O) groups is 1. The van der Waals surface area contributed by atoms with Crippen molar-refractivity contribution in [2.24, 2.45) is 0 Å². The van der Waals surface area contributed by atoms with Crippen molar-refractivity contribution in [1.82, 2.24) is 0 Å². The van der Waals surface area contributed by atoms with Gasteiger partial charge in [0.1, 0.15) is 47.5 Å². The number of nitriles is 4. The lowest BCUT2D eigenvalue weighted by molar-refractivity contribution is 0.112. The highest BCUT2D eigenvalue weighted by Crippen LogP contribution is 2.53. The molecule has 1 N–H and O–H groups in total. The number of fused-ring (bicyclic) bond motifs is 6. The molecule has 0 aromatic heterocycles. The molecule has 0 aliphatic heterocycles. The van der Waals surface area contributed by atoms with Crippen LogP contribution in [0.3, 0.4) is 0 Å². The number of hydrogen-bond donors (Lipinski definition) is 1. The number of nitrogens with zero attached hydrogens (tertiary/aromatic N) is 4. The van der Waals surface area contributed by atoms with Crippen LogP contribution in [0.1, 0.15) is 32.6 Å². The molecule has 0 fully saturated rings. The van der Waals surface area contributed by atoms with E-state index in [9.17, 15) is 30.9 Å². The van der Waals surface area contributed by atoms with Gasteiger partial charge in [-0.3, -0.25) is 4.79 Å². The molecule has 3 aromatic carbocycles. The monoisotopic (exact) mass is 422 g/mol. The van der Waals surface area contributed by atoms with E-state index >= 15 is 0 Å². The summed E-state index contributed by atoms with van der Waals surface area (Å²) in [5.74, 6) is 0.00500. The Balaban J connectivity index is 1.94. The Morgan fingerprint density at radius 3 is 1.58 bits per heavy atom. The van der Waals surface area contributed by atoms with Gasteiger partial charge in [0.2, 0.25) is 0 Å². The number of aromatic hydroxyl groups is 1. The van der Waals surface area contributed by atoms with Gasteiger partial charge in [-0.1, -0.05) is 18.2 Å². The maximum Gasteiger partial charge on any atom is 0.150 e. The summed E-state index contributed by atoms with van der Waals surface area (Å²) in [6.07, 6.45) is 0.703. The summed E-state index contributed by atoms with van der Waals surface area (Å²) in [6, 6.07) is 21.3. The van der Waals surface area contributed by atoms with Crippen LogP contribution in [-0.4, -0.2) is 11.4 Å². The van der Waals surface area contributed by atoms with E-state index < -0.39 is 0 Å². The lowest BCUT2D eigenvalue weighted by Gasteiger charge is -2.08. The van der Waals surface area contributed by atoms with E-state index in [0.717, 1.165) is 22.3 Å². The van der Waals surface area contributed by atoms with E-state index in [1.165, 1.54) is 12.1 Å². The average Bonchev–Trinajstić information content (AvgIpc) is 3.31. The van der Waals surface area contributed by atoms with Crippen LogP contribution in [0, 0.1) is 45.3 Å². The van der Waals surface area contributed by atoms with E-state index in [0.29, 0.717) is 45.2 Å². The van der Waals surface area contributed by atoms with Crippen molar-refractivity contribution in [3.05, 3.63) is 87.5 Å². The molecule has 0 saturated carbocycles. The molecule has 3 aromatic rings. The van der Waals surface area contributed by atoms with Gasteiger partial charge >= 0.3 is 0 Å². The minimum absolute atomic E-state index is 0.00500. The molecule has 0 radical (unpaired) electrons. The highest BCUT2D eigenvalue weighted by atomic mass is 16.3. The first-order valence-electron chi connectivity index (χ1n) is 9.77. The largest absolute Gasteiger partial charge is 0.508 e. The summed E-state index contributed by atoms with van der Waals surface area (Å²) in [5.41, 5.74) is 6.46. The lowest BCUT2D eigenvalue weighted by Crippen LogP contribution is -1.92. The molecule has 150 valence electrons. The third kappa shape index (κ3) is 2.60. The van der Waals surface area contributed by atoms with Crippen molar-refractivity contribution >= 4 is 17.4 Å². The maximum absolute atomic E-state index is 11.4. The lowest BCUT2D eigenvalue weighted by atomic mass is 9.93. The van der Waals surface area contributed by atoms with Crippen LogP contribution >= 0.6 is 0 Å². The first kappa shape index (κ1) is 19.5. The molecule has 5 rings (SSSR count). The Bertz CT molecular complexity index is 1650. The molecule has 6 nitrogen and oxygen atoms in total. The van der Waals surface area contributed by atoms with Gasteiger partial charge in [-0.05, 0) is 74.8 Å². The third-order valence-corrected chi connectivity index (χ3v) is 5.95. The topological polar surface area (TPSA) is 132 Å². The van der Waals surface area contributed by atoms with Crippen LogP contribution in [0.2, 0.25) is 0 Å². The molecule has 2 aliphatic rings. The summed E-state index contributed by atoms with van der Waals surface area (Å²) in [5, 5.41) is 48.5. The number of phenols is 1. The predicted octanol–water partition coefficient (Wildman–Crippen LogP) is 4.86. The van der Waals surface area contributed by atoms with Crippen LogP contribution in [-0.2, 0) is 0 Å². The fourth-order valence-electron chi connectivity index (χ4n) is 4.61. The molecule has 2 aliphatic carbocycles. The fourth-order valence-corrected chi connectivity index (χ4v) is 4.61. The highest BCUT2D eigenvalue weighted by Gasteiger charge is 2.33. The van der Waals surface area contributed by atoms with Gasteiger partial charge in [-0.2, -0.15) is 21.0 Å². The molecule has 0 atom stereocenters. The zero-order chi connectivity index (χ0) is 23.3. The average molecular weight is 422 g/mol. The summed E-state index contributed by atoms with van der Waals surface area (Å²) in [4.78, 5) is 11.4. The number of rotatable bonds is 1. The molecule has 0 spiro atoms. The molecule has 0 amide bonds. The first-order valence-corrected chi connectivity index (χ1v) is 9.77. The SMILES string of the molecule is N#CC(C#N)=C1c2cc(O)ccc2-c2cc3c(cc21)C(=C(C#N)C#N)c1cc(C=O)ccc1-3. The Morgan fingerprint density at radius 2 is 1.06 bits per heavy atom. The smallest absolute Gasteiger partial charge is 0.150 e. The van der Waals surface area contributed by atoms with Gasteiger partial charge in [-0.25, -0.2) is 0 Å². The Hall–Kier alpha value is -5.43. The van der Waals surface area contributed by atoms with Gasteiger partial charge in [0.15, 0.2) is 0 Å². The van der Waals surface area contributed by atoms with Gasteiger partial charge in [0.25, 0.3) is 0 Å². The normalized spacial score (nSPS) is 11.6. The highest BCUT2D eigenvalue weighted by molar-refractivity contribution is 6.11. The molecule has 33 heavy (non-hydrogen) atoms. The van der Waals surface area contributed by atoms with Crippen LogP contribution in [0.25, 0.3) is 33.4 Å². The van der Waals surface area contributed by atoms with Crippen LogP contribution < -0.4 is 0 Å². The number of phenolic OH excluding ortho intramolecular Hbond substituents is 1. The standard InChI is InChI=1S/C27H10N4O2/c28-9-15(10-29)26-22-5-14(13-32)1-3-18(22)20-7-21-19-4-2-17(33)6-23(19)27(16(11-30)12-31)25(21)8-24(20)26/h1-8,13,33H. The second-order valence-corrected chi connectivity index (χ2v) is 7.54. The summed E-state index contributed by atoms with van der Waals surface area (Å²) < 4.78 is 0. The Labute approximate surface area is 188 Å². The minimum atomic E-state index is -0.106. The van der Waals surface area contributed by atoms with Gasteiger partial charge < -0.3 is 5.11 Å². The number of allylic oxidation sites excluding steroid dienone is 2. The summed E-state index contributed by atoms with van der Waals surface area (Å²) in [6.45, 7) is 0. The zero-order valence-electron chi connectivity index (χ0n) is 16.8. The summed E-state index contributed by atoms with van der Waals surface area (Å²) in [7, 11) is 0. The molecule has 0 unspecified atom stereocenters.